The molecule has 1 aromatic rings. The van der Waals surface area contributed by atoms with E-state index in [0.717, 1.165) is 30.9 Å². The number of rotatable bonds is 2. The van der Waals surface area contributed by atoms with E-state index in [9.17, 15) is 4.79 Å². The van der Waals surface area contributed by atoms with Crippen molar-refractivity contribution in [1.82, 2.24) is 15.3 Å². The molecule has 2 aliphatic rings. The van der Waals surface area contributed by atoms with Crippen molar-refractivity contribution in [3.63, 3.8) is 0 Å². The molecule has 5 heteroatoms. The van der Waals surface area contributed by atoms with Gasteiger partial charge in [-0.05, 0) is 45.1 Å². The molecule has 2 aliphatic heterocycles. The second-order valence-electron chi connectivity index (χ2n) is 5.72. The Hall–Kier alpha value is -1.36. The van der Waals surface area contributed by atoms with Gasteiger partial charge in [-0.2, -0.15) is 0 Å². The fraction of sp³-hybridized carbons (Fsp3) is 0.714. The Kier molecular flexibility index (Phi) is 3.55. The van der Waals surface area contributed by atoms with Crippen molar-refractivity contribution >= 4 is 5.82 Å². The zero-order chi connectivity index (χ0) is 13.2. The van der Waals surface area contributed by atoms with E-state index in [0.29, 0.717) is 5.82 Å². The average molecular weight is 262 g/mol. The van der Waals surface area contributed by atoms with Gasteiger partial charge in [-0.1, -0.05) is 0 Å². The van der Waals surface area contributed by atoms with Crippen LogP contribution in [0.15, 0.2) is 10.9 Å². The Balaban J connectivity index is 1.64. The molecule has 0 radical (unpaired) electrons. The summed E-state index contributed by atoms with van der Waals surface area (Å²) in [5, 5.41) is 3.61. The number of piperidine rings is 1. The third-order valence-electron chi connectivity index (χ3n) is 4.38. The summed E-state index contributed by atoms with van der Waals surface area (Å²) < 4.78 is 0. The van der Waals surface area contributed by atoms with Gasteiger partial charge in [0.1, 0.15) is 11.6 Å². The van der Waals surface area contributed by atoms with Crippen LogP contribution < -0.4 is 15.8 Å². The van der Waals surface area contributed by atoms with E-state index in [1.807, 2.05) is 6.92 Å². The molecular weight excluding hydrogens is 240 g/mol. The van der Waals surface area contributed by atoms with Crippen LogP contribution in [0.5, 0.6) is 0 Å². The molecule has 3 rings (SSSR count). The zero-order valence-electron chi connectivity index (χ0n) is 11.5. The monoisotopic (exact) mass is 262 g/mol. The van der Waals surface area contributed by atoms with Gasteiger partial charge in [0.05, 0.1) is 0 Å². The van der Waals surface area contributed by atoms with Gasteiger partial charge in [-0.3, -0.25) is 4.79 Å². The molecule has 0 amide bonds. The number of aryl methyl sites for hydroxylation is 1. The second-order valence-corrected chi connectivity index (χ2v) is 5.72. The number of hydrogen-bond donors (Lipinski definition) is 2. The predicted molar refractivity (Wildman–Crippen MR) is 75.6 cm³/mol. The number of hydrogen-bond acceptors (Lipinski definition) is 4. The van der Waals surface area contributed by atoms with Crippen LogP contribution in [0.25, 0.3) is 0 Å². The lowest BCUT2D eigenvalue weighted by Gasteiger charge is -2.35. The number of nitrogens with one attached hydrogen (secondary N) is 2. The summed E-state index contributed by atoms with van der Waals surface area (Å²) in [6.07, 6.45) is 5.04. The van der Waals surface area contributed by atoms with E-state index in [1.165, 1.54) is 32.2 Å². The van der Waals surface area contributed by atoms with Crippen LogP contribution in [0.2, 0.25) is 0 Å². The number of aromatic amines is 1. The molecule has 19 heavy (non-hydrogen) atoms. The van der Waals surface area contributed by atoms with Gasteiger partial charge in [0.15, 0.2) is 0 Å². The first-order valence-corrected chi connectivity index (χ1v) is 7.29. The molecule has 0 aromatic carbocycles. The molecule has 1 aromatic heterocycles. The maximum absolute atomic E-state index is 11.5. The minimum absolute atomic E-state index is 0.0536. The SMILES string of the molecule is Cc1nc(N2CCC(C3CCCN3)CC2)cc(=O)[nH]1. The number of nitrogens with zero attached hydrogens (tertiary/aromatic N) is 2. The summed E-state index contributed by atoms with van der Waals surface area (Å²) in [6.45, 7) is 5.04. The van der Waals surface area contributed by atoms with Crippen molar-refractivity contribution in [3.8, 4) is 0 Å². The molecule has 2 saturated heterocycles. The third kappa shape index (κ3) is 2.81. The Morgan fingerprint density at radius 3 is 2.74 bits per heavy atom. The van der Waals surface area contributed by atoms with Gasteiger partial charge in [0.2, 0.25) is 0 Å². The molecule has 2 N–H and O–H groups in total. The topological polar surface area (TPSA) is 61.0 Å². The van der Waals surface area contributed by atoms with Crippen LogP contribution in [-0.4, -0.2) is 35.6 Å². The van der Waals surface area contributed by atoms with E-state index in [2.05, 4.69) is 20.2 Å². The van der Waals surface area contributed by atoms with Crippen molar-refractivity contribution < 1.29 is 0 Å². The van der Waals surface area contributed by atoms with E-state index >= 15 is 0 Å². The predicted octanol–water partition coefficient (Wildman–Crippen LogP) is 1.05. The highest BCUT2D eigenvalue weighted by molar-refractivity contribution is 5.37. The lowest BCUT2D eigenvalue weighted by molar-refractivity contribution is 0.318. The molecule has 2 fully saturated rings. The minimum atomic E-state index is -0.0536. The maximum Gasteiger partial charge on any atom is 0.252 e. The summed E-state index contributed by atoms with van der Waals surface area (Å²) in [5.74, 6) is 2.32. The lowest BCUT2D eigenvalue weighted by atomic mass is 9.88. The van der Waals surface area contributed by atoms with Crippen LogP contribution >= 0.6 is 0 Å². The minimum Gasteiger partial charge on any atom is -0.356 e. The van der Waals surface area contributed by atoms with Crippen LogP contribution in [0.4, 0.5) is 5.82 Å². The Bertz CT molecular complexity index is 484. The standard InChI is InChI=1S/C14H22N4O/c1-10-16-13(9-14(19)17-10)18-7-4-11(5-8-18)12-3-2-6-15-12/h9,11-12,15H,2-8H2,1H3,(H,16,17,19). The first kappa shape index (κ1) is 12.7. The highest BCUT2D eigenvalue weighted by atomic mass is 16.1. The lowest BCUT2D eigenvalue weighted by Crippen LogP contribution is -2.41. The number of anilines is 1. The van der Waals surface area contributed by atoms with Crippen molar-refractivity contribution in [2.24, 2.45) is 5.92 Å². The fourth-order valence-corrected chi connectivity index (χ4v) is 3.37. The third-order valence-corrected chi connectivity index (χ3v) is 4.38. The summed E-state index contributed by atoms with van der Waals surface area (Å²) in [6, 6.07) is 2.33. The van der Waals surface area contributed by atoms with Gasteiger partial charge in [-0.25, -0.2) is 4.98 Å². The fourth-order valence-electron chi connectivity index (χ4n) is 3.37. The Morgan fingerprint density at radius 1 is 1.32 bits per heavy atom. The molecule has 3 heterocycles. The van der Waals surface area contributed by atoms with Gasteiger partial charge in [0, 0.05) is 25.2 Å². The molecule has 0 saturated carbocycles. The zero-order valence-corrected chi connectivity index (χ0v) is 11.5. The molecular formula is C14H22N4O. The summed E-state index contributed by atoms with van der Waals surface area (Å²) >= 11 is 0. The van der Waals surface area contributed by atoms with Gasteiger partial charge in [0.25, 0.3) is 5.56 Å². The molecule has 5 nitrogen and oxygen atoms in total. The first-order chi connectivity index (χ1) is 9.22. The second kappa shape index (κ2) is 5.33. The highest BCUT2D eigenvalue weighted by Crippen LogP contribution is 2.27. The summed E-state index contributed by atoms with van der Waals surface area (Å²) in [5.41, 5.74) is -0.0536. The van der Waals surface area contributed by atoms with Crippen LogP contribution in [0, 0.1) is 12.8 Å². The van der Waals surface area contributed by atoms with E-state index in [-0.39, 0.29) is 5.56 Å². The smallest absolute Gasteiger partial charge is 0.252 e. The molecule has 0 bridgehead atoms. The maximum atomic E-state index is 11.5. The summed E-state index contributed by atoms with van der Waals surface area (Å²) in [7, 11) is 0. The Morgan fingerprint density at radius 2 is 2.11 bits per heavy atom. The summed E-state index contributed by atoms with van der Waals surface area (Å²) in [4.78, 5) is 20.9. The quantitative estimate of drug-likeness (QED) is 0.836. The molecule has 1 atom stereocenters. The molecule has 0 spiro atoms. The van der Waals surface area contributed by atoms with E-state index < -0.39 is 0 Å². The van der Waals surface area contributed by atoms with Crippen molar-refractivity contribution in [2.45, 2.75) is 38.6 Å². The van der Waals surface area contributed by atoms with Crippen LogP contribution in [0.1, 0.15) is 31.5 Å². The molecule has 104 valence electrons. The van der Waals surface area contributed by atoms with Crippen molar-refractivity contribution in [3.05, 3.63) is 22.2 Å². The normalized spacial score (nSPS) is 24.9. The average Bonchev–Trinajstić information content (AvgIpc) is 2.91. The van der Waals surface area contributed by atoms with Crippen LogP contribution in [0.3, 0.4) is 0 Å². The largest absolute Gasteiger partial charge is 0.356 e. The van der Waals surface area contributed by atoms with Crippen molar-refractivity contribution in [1.29, 1.82) is 0 Å². The number of H-pyrrole nitrogens is 1. The van der Waals surface area contributed by atoms with E-state index in [1.54, 1.807) is 6.07 Å². The Labute approximate surface area is 113 Å². The van der Waals surface area contributed by atoms with Gasteiger partial charge >= 0.3 is 0 Å². The van der Waals surface area contributed by atoms with Crippen molar-refractivity contribution in [2.75, 3.05) is 24.5 Å². The highest BCUT2D eigenvalue weighted by Gasteiger charge is 2.28. The first-order valence-electron chi connectivity index (χ1n) is 7.29. The van der Waals surface area contributed by atoms with Gasteiger partial charge < -0.3 is 15.2 Å². The van der Waals surface area contributed by atoms with Crippen LogP contribution in [-0.2, 0) is 0 Å². The molecule has 0 aliphatic carbocycles. The van der Waals surface area contributed by atoms with E-state index in [4.69, 9.17) is 0 Å². The number of aromatic nitrogens is 2. The van der Waals surface area contributed by atoms with Gasteiger partial charge in [-0.15, -0.1) is 0 Å². The molecule has 1 unspecified atom stereocenters.